The molecule has 0 atom stereocenters. The summed E-state index contributed by atoms with van der Waals surface area (Å²) in [5.74, 6) is -0.941. The molecule has 1 aromatic heterocycles. The smallest absolute Gasteiger partial charge is 0.369 e. The maximum atomic E-state index is 13.0. The van der Waals surface area contributed by atoms with Crippen molar-refractivity contribution < 1.29 is 19.4 Å². The predicted molar refractivity (Wildman–Crippen MR) is 117 cm³/mol. The molecule has 5 aliphatic rings. The van der Waals surface area contributed by atoms with E-state index in [2.05, 4.69) is 10.2 Å². The molecule has 0 radical (unpaired) electrons. The van der Waals surface area contributed by atoms with Crippen molar-refractivity contribution in [1.82, 2.24) is 9.36 Å². The minimum Gasteiger partial charge on any atom is -0.479 e. The van der Waals surface area contributed by atoms with E-state index in [1.807, 2.05) is 30.3 Å². The molecule has 4 bridgehead atoms. The van der Waals surface area contributed by atoms with Crippen LogP contribution in [0.5, 0.6) is 0 Å². The molecule has 33 heavy (non-hydrogen) atoms. The number of hydrogen-bond donors (Lipinski definition) is 1. The van der Waals surface area contributed by atoms with E-state index in [1.54, 1.807) is 18.7 Å². The average Bonchev–Trinajstić information content (AvgIpc) is 3.00. The van der Waals surface area contributed by atoms with Crippen molar-refractivity contribution in [2.24, 2.45) is 40.9 Å². The molecule has 1 N–H and O–H groups in total. The molecule has 172 valence electrons. The van der Waals surface area contributed by atoms with E-state index in [4.69, 9.17) is 9.47 Å². The summed E-state index contributed by atoms with van der Waals surface area (Å²) in [7, 11) is 1.74. The van der Waals surface area contributed by atoms with Crippen molar-refractivity contribution >= 4 is 11.7 Å². The topological polar surface area (TPSA) is 107 Å². The molecule has 2 aromatic rings. The summed E-state index contributed by atoms with van der Waals surface area (Å²) in [6, 6.07) is 9.16. The highest BCUT2D eigenvalue weighted by Crippen LogP contribution is 2.61. The molecule has 0 unspecified atom stereocenters. The van der Waals surface area contributed by atoms with E-state index in [0.717, 1.165) is 25.7 Å². The molecule has 9 heteroatoms. The van der Waals surface area contributed by atoms with Crippen LogP contribution in [-0.2, 0) is 21.3 Å². The van der Waals surface area contributed by atoms with Crippen LogP contribution >= 0.6 is 0 Å². The largest absolute Gasteiger partial charge is 0.479 e. The Balaban J connectivity index is 1.32. The molecular weight excluding hydrogens is 424 g/mol. The Morgan fingerprint density at radius 3 is 2.21 bits per heavy atom. The van der Waals surface area contributed by atoms with Gasteiger partial charge in [0, 0.05) is 18.9 Å². The first-order chi connectivity index (χ1) is 15.9. The van der Waals surface area contributed by atoms with Gasteiger partial charge in [0.2, 0.25) is 0 Å². The molecule has 4 saturated carbocycles. The predicted octanol–water partition coefficient (Wildman–Crippen LogP) is 4.02. The van der Waals surface area contributed by atoms with Gasteiger partial charge >= 0.3 is 11.9 Å². The molecule has 0 saturated heterocycles. The van der Waals surface area contributed by atoms with Crippen LogP contribution in [0, 0.1) is 30.6 Å². The zero-order valence-electron chi connectivity index (χ0n) is 18.6. The molecule has 2 heterocycles. The molecule has 4 aliphatic carbocycles. The Bertz CT molecular complexity index is 1230. The van der Waals surface area contributed by atoms with Gasteiger partial charge in [0.05, 0.1) is 11.4 Å². The van der Waals surface area contributed by atoms with E-state index in [1.165, 1.54) is 11.1 Å². The number of ether oxygens (including phenoxy) is 2. The highest BCUT2D eigenvalue weighted by molar-refractivity contribution is 5.89. The second-order valence-electron chi connectivity index (χ2n) is 9.78. The van der Waals surface area contributed by atoms with Crippen LogP contribution in [-0.4, -0.2) is 26.2 Å². The minimum atomic E-state index is -1.10. The first-order valence-electron chi connectivity index (χ1n) is 11.5. The summed E-state index contributed by atoms with van der Waals surface area (Å²) in [4.78, 5) is 25.9. The van der Waals surface area contributed by atoms with Gasteiger partial charge in [-0.1, -0.05) is 18.2 Å². The third-order valence-electron chi connectivity index (χ3n) is 7.95. The third kappa shape index (κ3) is 2.91. The third-order valence-corrected chi connectivity index (χ3v) is 7.95. The van der Waals surface area contributed by atoms with Crippen LogP contribution in [0.2, 0.25) is 0 Å². The summed E-state index contributed by atoms with van der Waals surface area (Å²) in [5, 5.41) is 18.6. The number of carbonyl (C=O) groups excluding carboxylic acids is 1. The molecule has 9 nitrogen and oxygen atoms in total. The lowest BCUT2D eigenvalue weighted by atomic mass is 9.53. The van der Waals surface area contributed by atoms with Crippen LogP contribution in [0.15, 0.2) is 57.0 Å². The fourth-order valence-corrected chi connectivity index (χ4v) is 6.53. The number of aliphatic hydroxyl groups is 1. The molecule has 1 aromatic carbocycles. The number of azo groups is 1. The number of para-hydroxylation sites is 1. The SMILES string of the molecule is Cc1c(/N=N/C2=C(O)OC3(OC2=O)C2CC4CC(C2)CC3C4)c(=O)n(-c2ccccc2)n1C. The van der Waals surface area contributed by atoms with Crippen molar-refractivity contribution in [3.8, 4) is 5.69 Å². The van der Waals surface area contributed by atoms with Gasteiger partial charge in [-0.15, -0.1) is 10.2 Å². The van der Waals surface area contributed by atoms with E-state index in [0.29, 0.717) is 23.2 Å². The maximum Gasteiger partial charge on any atom is 0.369 e. The number of esters is 1. The molecule has 1 aliphatic heterocycles. The van der Waals surface area contributed by atoms with Gasteiger partial charge < -0.3 is 14.6 Å². The Morgan fingerprint density at radius 1 is 0.970 bits per heavy atom. The van der Waals surface area contributed by atoms with Gasteiger partial charge in [-0.3, -0.25) is 9.48 Å². The first-order valence-corrected chi connectivity index (χ1v) is 11.5. The number of carbonyl (C=O) groups is 1. The second-order valence-corrected chi connectivity index (χ2v) is 9.78. The zero-order chi connectivity index (χ0) is 22.9. The van der Waals surface area contributed by atoms with E-state index in [-0.39, 0.29) is 23.1 Å². The molecule has 4 fully saturated rings. The number of aromatic nitrogens is 2. The molecule has 7 rings (SSSR count). The average molecular weight is 450 g/mol. The first kappa shape index (κ1) is 20.3. The van der Waals surface area contributed by atoms with Crippen LogP contribution in [0.25, 0.3) is 5.69 Å². The molecular formula is C24H26N4O5. The van der Waals surface area contributed by atoms with Crippen molar-refractivity contribution in [2.45, 2.75) is 44.8 Å². The summed E-state index contributed by atoms with van der Waals surface area (Å²) < 4.78 is 14.9. The summed E-state index contributed by atoms with van der Waals surface area (Å²) in [6.45, 7) is 1.74. The lowest BCUT2D eigenvalue weighted by Gasteiger charge is -2.59. The van der Waals surface area contributed by atoms with E-state index < -0.39 is 23.4 Å². The fraction of sp³-hybridized carbons (Fsp3) is 0.500. The lowest BCUT2D eigenvalue weighted by Crippen LogP contribution is -2.62. The fourth-order valence-electron chi connectivity index (χ4n) is 6.53. The van der Waals surface area contributed by atoms with Gasteiger partial charge in [-0.05, 0) is 63.0 Å². The summed E-state index contributed by atoms with van der Waals surface area (Å²) in [6.07, 6.45) is 5.05. The Kier molecular flexibility index (Phi) is 4.34. The van der Waals surface area contributed by atoms with Crippen LogP contribution < -0.4 is 5.56 Å². The quantitative estimate of drug-likeness (QED) is 0.561. The van der Waals surface area contributed by atoms with Crippen LogP contribution in [0.3, 0.4) is 0 Å². The minimum absolute atomic E-state index is 0.0735. The van der Waals surface area contributed by atoms with E-state index in [9.17, 15) is 14.7 Å². The van der Waals surface area contributed by atoms with Gasteiger partial charge in [0.25, 0.3) is 17.0 Å². The second kappa shape index (κ2) is 7.07. The van der Waals surface area contributed by atoms with Gasteiger partial charge in [0.15, 0.2) is 5.69 Å². The Morgan fingerprint density at radius 2 is 1.61 bits per heavy atom. The molecule has 0 amide bonds. The van der Waals surface area contributed by atoms with Gasteiger partial charge in [-0.2, -0.15) is 0 Å². The number of rotatable bonds is 3. The van der Waals surface area contributed by atoms with Crippen molar-refractivity contribution in [3.63, 3.8) is 0 Å². The lowest BCUT2D eigenvalue weighted by molar-refractivity contribution is -0.325. The standard InChI is InChI=1S/C24H26N4O5/c1-13-19(21(29)28(27(13)2)18-6-4-3-5-7-18)25-26-20-22(30)32-24(33-23(20)31)16-9-14-8-15(11-16)12-17(24)10-14/h3-7,14-17,30H,8-12H2,1-2H3/b26-25+. The number of aliphatic hydroxyl groups excluding tert-OH is 1. The normalized spacial score (nSPS) is 32.6. The van der Waals surface area contributed by atoms with Crippen LogP contribution in [0.4, 0.5) is 5.69 Å². The Labute approximate surface area is 190 Å². The highest BCUT2D eigenvalue weighted by atomic mass is 16.8. The van der Waals surface area contributed by atoms with E-state index >= 15 is 0 Å². The van der Waals surface area contributed by atoms with Crippen LogP contribution in [0.1, 0.15) is 37.8 Å². The summed E-state index contributed by atoms with van der Waals surface area (Å²) in [5.41, 5.74) is 0.525. The monoisotopic (exact) mass is 450 g/mol. The van der Waals surface area contributed by atoms with Gasteiger partial charge in [0.1, 0.15) is 0 Å². The van der Waals surface area contributed by atoms with Crippen molar-refractivity contribution in [2.75, 3.05) is 0 Å². The van der Waals surface area contributed by atoms with Crippen molar-refractivity contribution in [3.05, 3.63) is 58.0 Å². The van der Waals surface area contributed by atoms with Gasteiger partial charge in [-0.25, -0.2) is 9.48 Å². The number of hydrogen-bond acceptors (Lipinski definition) is 7. The zero-order valence-corrected chi connectivity index (χ0v) is 18.6. The number of benzene rings is 1. The molecule has 1 spiro atoms. The Hall–Kier alpha value is -3.36. The summed E-state index contributed by atoms with van der Waals surface area (Å²) >= 11 is 0. The van der Waals surface area contributed by atoms with Crippen molar-refractivity contribution in [1.29, 1.82) is 0 Å². The number of nitrogens with zero attached hydrogens (tertiary/aromatic N) is 4. The highest BCUT2D eigenvalue weighted by Gasteiger charge is 2.64. The maximum absolute atomic E-state index is 13.0.